The topological polar surface area (TPSA) is 85.6 Å². The highest BCUT2D eigenvalue weighted by Crippen LogP contribution is 2.27. The standard InChI is InChI=1S/C22H19NO5/c1-12-3-5-17-16(10-28-22(17)13(12)2)9-21(26)27-11-19(24)14-4-6-18-15(7-14)8-20(25)23-18/h3-7,10H,8-9,11H2,1-2H3,(H,23,25). The molecule has 0 radical (unpaired) electrons. The summed E-state index contributed by atoms with van der Waals surface area (Å²) in [5.74, 6) is -0.893. The third-order valence-corrected chi connectivity index (χ3v) is 5.09. The number of furan rings is 1. The second-order valence-corrected chi connectivity index (χ2v) is 7.00. The molecule has 1 aliphatic rings. The summed E-state index contributed by atoms with van der Waals surface area (Å²) in [5.41, 5.74) is 5.57. The van der Waals surface area contributed by atoms with E-state index in [0.29, 0.717) is 5.56 Å². The molecule has 1 N–H and O–H groups in total. The molecule has 0 aliphatic carbocycles. The number of rotatable bonds is 5. The van der Waals surface area contributed by atoms with Crippen LogP contribution in [-0.2, 0) is 27.2 Å². The lowest BCUT2D eigenvalue weighted by Gasteiger charge is -2.06. The molecule has 0 fully saturated rings. The minimum Gasteiger partial charge on any atom is -0.464 e. The summed E-state index contributed by atoms with van der Waals surface area (Å²) in [6.07, 6.45) is 1.85. The molecular formula is C22H19NO5. The highest BCUT2D eigenvalue weighted by molar-refractivity contribution is 6.03. The van der Waals surface area contributed by atoms with E-state index >= 15 is 0 Å². The Morgan fingerprint density at radius 2 is 2.00 bits per heavy atom. The Hall–Kier alpha value is -3.41. The Labute approximate surface area is 161 Å². The van der Waals surface area contributed by atoms with Crippen LogP contribution in [0.25, 0.3) is 11.0 Å². The SMILES string of the molecule is Cc1ccc2c(CC(=O)OCC(=O)c3ccc4c(c3)CC(=O)N4)coc2c1C. The number of esters is 1. The van der Waals surface area contributed by atoms with E-state index in [1.54, 1.807) is 24.5 Å². The van der Waals surface area contributed by atoms with Gasteiger partial charge in [-0.05, 0) is 48.7 Å². The molecule has 0 saturated heterocycles. The van der Waals surface area contributed by atoms with E-state index in [9.17, 15) is 14.4 Å². The Morgan fingerprint density at radius 3 is 2.82 bits per heavy atom. The van der Waals surface area contributed by atoms with Crippen LogP contribution < -0.4 is 5.32 Å². The Kier molecular flexibility index (Phi) is 4.47. The third kappa shape index (κ3) is 3.29. The number of anilines is 1. The summed E-state index contributed by atoms with van der Waals surface area (Å²) in [7, 11) is 0. The highest BCUT2D eigenvalue weighted by atomic mass is 16.5. The molecule has 1 aromatic heterocycles. The van der Waals surface area contributed by atoms with Crippen molar-refractivity contribution in [1.29, 1.82) is 0 Å². The number of hydrogen-bond donors (Lipinski definition) is 1. The van der Waals surface area contributed by atoms with E-state index < -0.39 is 5.97 Å². The second-order valence-electron chi connectivity index (χ2n) is 7.00. The van der Waals surface area contributed by atoms with Gasteiger partial charge in [-0.25, -0.2) is 0 Å². The first-order valence-electron chi connectivity index (χ1n) is 9.00. The van der Waals surface area contributed by atoms with E-state index in [4.69, 9.17) is 9.15 Å². The molecule has 2 heterocycles. The molecular weight excluding hydrogens is 358 g/mol. The molecule has 4 rings (SSSR count). The van der Waals surface area contributed by atoms with Crippen molar-refractivity contribution in [2.45, 2.75) is 26.7 Å². The molecule has 0 unspecified atom stereocenters. The van der Waals surface area contributed by atoms with Crippen LogP contribution in [0, 0.1) is 13.8 Å². The van der Waals surface area contributed by atoms with E-state index in [-0.39, 0.29) is 31.1 Å². The maximum atomic E-state index is 12.3. The Balaban J connectivity index is 1.40. The summed E-state index contributed by atoms with van der Waals surface area (Å²) in [4.78, 5) is 35.9. The fourth-order valence-corrected chi connectivity index (χ4v) is 3.36. The smallest absolute Gasteiger partial charge is 0.310 e. The largest absolute Gasteiger partial charge is 0.464 e. The Morgan fingerprint density at radius 1 is 1.18 bits per heavy atom. The molecule has 28 heavy (non-hydrogen) atoms. The summed E-state index contributed by atoms with van der Waals surface area (Å²) in [6, 6.07) is 8.89. The second kappa shape index (κ2) is 6.96. The van der Waals surface area contributed by atoms with Crippen molar-refractivity contribution in [2.24, 2.45) is 0 Å². The van der Waals surface area contributed by atoms with Gasteiger partial charge in [0.05, 0.1) is 19.1 Å². The van der Waals surface area contributed by atoms with E-state index in [1.807, 2.05) is 26.0 Å². The average molecular weight is 377 g/mol. The average Bonchev–Trinajstić information content (AvgIpc) is 3.24. The number of ether oxygens (including phenoxy) is 1. The van der Waals surface area contributed by atoms with Crippen LogP contribution in [0.5, 0.6) is 0 Å². The van der Waals surface area contributed by atoms with Crippen LogP contribution >= 0.6 is 0 Å². The predicted molar refractivity (Wildman–Crippen MR) is 103 cm³/mol. The number of Topliss-reactive ketones (excluding diaryl/α,β-unsaturated/α-hetero) is 1. The lowest BCUT2D eigenvalue weighted by molar-refractivity contribution is -0.141. The maximum Gasteiger partial charge on any atom is 0.310 e. The van der Waals surface area contributed by atoms with Crippen molar-refractivity contribution >= 4 is 34.3 Å². The molecule has 2 aromatic carbocycles. The lowest BCUT2D eigenvalue weighted by atomic mass is 10.0. The summed E-state index contributed by atoms with van der Waals surface area (Å²) >= 11 is 0. The first-order valence-corrected chi connectivity index (χ1v) is 9.00. The van der Waals surface area contributed by atoms with Crippen LogP contribution in [-0.4, -0.2) is 24.3 Å². The number of carbonyl (C=O) groups excluding carboxylic acids is 3. The van der Waals surface area contributed by atoms with Crippen LogP contribution in [0.2, 0.25) is 0 Å². The minimum absolute atomic E-state index is 0.0331. The first-order chi connectivity index (χ1) is 13.4. The van der Waals surface area contributed by atoms with Gasteiger partial charge in [0.25, 0.3) is 0 Å². The number of amides is 1. The zero-order valence-electron chi connectivity index (χ0n) is 15.6. The number of hydrogen-bond acceptors (Lipinski definition) is 5. The zero-order chi connectivity index (χ0) is 19.8. The van der Waals surface area contributed by atoms with Crippen LogP contribution in [0.4, 0.5) is 5.69 Å². The number of carbonyl (C=O) groups is 3. The normalized spacial score (nSPS) is 12.7. The molecule has 3 aromatic rings. The molecule has 6 nitrogen and oxygen atoms in total. The Bertz CT molecular complexity index is 1130. The third-order valence-electron chi connectivity index (χ3n) is 5.09. The van der Waals surface area contributed by atoms with E-state index in [0.717, 1.165) is 38.9 Å². The van der Waals surface area contributed by atoms with Crippen molar-refractivity contribution in [3.05, 3.63) is 64.4 Å². The molecule has 0 atom stereocenters. The maximum absolute atomic E-state index is 12.3. The minimum atomic E-state index is -0.493. The first kappa shape index (κ1) is 18.0. The number of aryl methyl sites for hydroxylation is 2. The van der Waals surface area contributed by atoms with Gasteiger partial charge in [-0.1, -0.05) is 12.1 Å². The van der Waals surface area contributed by atoms with Crippen molar-refractivity contribution in [2.75, 3.05) is 11.9 Å². The summed E-state index contributed by atoms with van der Waals surface area (Å²) in [5, 5.41) is 3.59. The summed E-state index contributed by atoms with van der Waals surface area (Å²) in [6.45, 7) is 3.64. The molecule has 142 valence electrons. The number of benzene rings is 2. The summed E-state index contributed by atoms with van der Waals surface area (Å²) < 4.78 is 10.8. The highest BCUT2D eigenvalue weighted by Gasteiger charge is 2.20. The van der Waals surface area contributed by atoms with Gasteiger partial charge < -0.3 is 14.5 Å². The van der Waals surface area contributed by atoms with Crippen LogP contribution in [0.1, 0.15) is 32.6 Å². The molecule has 1 aliphatic heterocycles. The van der Waals surface area contributed by atoms with Crippen molar-refractivity contribution < 1.29 is 23.5 Å². The predicted octanol–water partition coefficient (Wildman–Crippen LogP) is 3.51. The fraction of sp³-hybridized carbons (Fsp3) is 0.227. The zero-order valence-corrected chi connectivity index (χ0v) is 15.6. The van der Waals surface area contributed by atoms with Crippen LogP contribution in [0.3, 0.4) is 0 Å². The van der Waals surface area contributed by atoms with Gasteiger partial charge in [0.15, 0.2) is 12.4 Å². The molecule has 0 bridgehead atoms. The fourth-order valence-electron chi connectivity index (χ4n) is 3.36. The number of fused-ring (bicyclic) bond motifs is 2. The molecule has 0 saturated carbocycles. The van der Waals surface area contributed by atoms with Gasteiger partial charge in [-0.15, -0.1) is 0 Å². The molecule has 6 heteroatoms. The van der Waals surface area contributed by atoms with Crippen LogP contribution in [0.15, 0.2) is 41.0 Å². The van der Waals surface area contributed by atoms with Gasteiger partial charge in [0.1, 0.15) is 5.58 Å². The van der Waals surface area contributed by atoms with Gasteiger partial charge in [-0.2, -0.15) is 0 Å². The molecule has 1 amide bonds. The van der Waals surface area contributed by atoms with Crippen molar-refractivity contribution in [3.8, 4) is 0 Å². The van der Waals surface area contributed by atoms with Crippen molar-refractivity contribution in [1.82, 2.24) is 0 Å². The van der Waals surface area contributed by atoms with E-state index in [2.05, 4.69) is 5.32 Å². The van der Waals surface area contributed by atoms with Gasteiger partial charge in [-0.3, -0.25) is 14.4 Å². The monoisotopic (exact) mass is 377 g/mol. The van der Waals surface area contributed by atoms with Gasteiger partial charge >= 0.3 is 5.97 Å². The molecule has 0 spiro atoms. The number of nitrogens with one attached hydrogen (secondary N) is 1. The van der Waals surface area contributed by atoms with Gasteiger partial charge in [0.2, 0.25) is 5.91 Å². The van der Waals surface area contributed by atoms with Gasteiger partial charge in [0, 0.05) is 22.2 Å². The quantitative estimate of drug-likeness (QED) is 0.543. The van der Waals surface area contributed by atoms with Crippen molar-refractivity contribution in [3.63, 3.8) is 0 Å². The number of ketones is 1. The lowest BCUT2D eigenvalue weighted by Crippen LogP contribution is -2.15. The van der Waals surface area contributed by atoms with E-state index in [1.165, 1.54) is 0 Å².